The number of nitrogens with two attached hydrogens (primary N) is 1. The van der Waals surface area contributed by atoms with Crippen molar-refractivity contribution in [2.45, 2.75) is 26.3 Å². The quantitative estimate of drug-likeness (QED) is 0.856. The number of nitrogen functional groups attached to an aromatic ring is 1. The van der Waals surface area contributed by atoms with E-state index < -0.39 is 10.0 Å². The molecule has 21 heavy (non-hydrogen) atoms. The van der Waals surface area contributed by atoms with Crippen LogP contribution in [0.4, 0.5) is 5.69 Å². The van der Waals surface area contributed by atoms with Crippen LogP contribution in [0.5, 0.6) is 0 Å². The maximum atomic E-state index is 12.2. The molecule has 1 atom stereocenters. The van der Waals surface area contributed by atoms with Crippen molar-refractivity contribution < 1.29 is 8.42 Å². The Hall–Kier alpha value is -0.860. The summed E-state index contributed by atoms with van der Waals surface area (Å²) in [5.74, 6) is 0.125. The molecule has 2 N–H and O–H groups in total. The standard InChI is InChI=1S/C13H20BrN3O3S/c1-9-11(15)8-16(13(18)12(9)14)6-10-4-3-5-17(7-10)21(2,19)20/h8,10H,3-7,15H2,1-2H3. The van der Waals surface area contributed by atoms with E-state index in [4.69, 9.17) is 5.73 Å². The molecule has 1 aliphatic heterocycles. The van der Waals surface area contributed by atoms with Crippen LogP contribution >= 0.6 is 15.9 Å². The normalized spacial score (nSPS) is 20.6. The number of nitrogens with zero attached hydrogens (tertiary/aromatic N) is 2. The molecule has 1 aliphatic rings. The van der Waals surface area contributed by atoms with Gasteiger partial charge in [0.05, 0.1) is 16.4 Å². The van der Waals surface area contributed by atoms with Crippen LogP contribution in [0, 0.1) is 12.8 Å². The fourth-order valence-corrected chi connectivity index (χ4v) is 4.03. The van der Waals surface area contributed by atoms with Gasteiger partial charge < -0.3 is 10.3 Å². The largest absolute Gasteiger partial charge is 0.397 e. The molecular weight excluding hydrogens is 358 g/mol. The maximum absolute atomic E-state index is 12.2. The fraction of sp³-hybridized carbons (Fsp3) is 0.615. The van der Waals surface area contributed by atoms with Crippen LogP contribution in [-0.2, 0) is 16.6 Å². The first-order chi connectivity index (χ1) is 9.70. The average molecular weight is 378 g/mol. The summed E-state index contributed by atoms with van der Waals surface area (Å²) in [7, 11) is -3.17. The van der Waals surface area contributed by atoms with Crippen LogP contribution in [0.25, 0.3) is 0 Å². The molecule has 2 rings (SSSR count). The van der Waals surface area contributed by atoms with Gasteiger partial charge in [-0.3, -0.25) is 4.79 Å². The molecule has 2 heterocycles. The number of piperidine rings is 1. The zero-order valence-electron chi connectivity index (χ0n) is 12.2. The first-order valence-corrected chi connectivity index (χ1v) is 9.44. The second kappa shape index (κ2) is 6.10. The van der Waals surface area contributed by atoms with Gasteiger partial charge in [0.1, 0.15) is 0 Å². The van der Waals surface area contributed by atoms with Crippen molar-refractivity contribution in [1.82, 2.24) is 8.87 Å². The Balaban J connectivity index is 2.21. The highest BCUT2D eigenvalue weighted by atomic mass is 79.9. The van der Waals surface area contributed by atoms with Gasteiger partial charge >= 0.3 is 0 Å². The van der Waals surface area contributed by atoms with Gasteiger partial charge in [-0.25, -0.2) is 12.7 Å². The van der Waals surface area contributed by atoms with Gasteiger partial charge in [-0.1, -0.05) is 0 Å². The van der Waals surface area contributed by atoms with E-state index in [1.165, 1.54) is 10.6 Å². The predicted molar refractivity (Wildman–Crippen MR) is 86.7 cm³/mol. The molecule has 6 nitrogen and oxygen atoms in total. The number of hydrogen-bond donors (Lipinski definition) is 1. The number of pyridine rings is 1. The third-order valence-electron chi connectivity index (χ3n) is 3.91. The smallest absolute Gasteiger partial charge is 0.265 e. The molecule has 1 aromatic heterocycles. The lowest BCUT2D eigenvalue weighted by atomic mass is 9.99. The van der Waals surface area contributed by atoms with Crippen LogP contribution < -0.4 is 11.3 Å². The average Bonchev–Trinajstić information content (AvgIpc) is 2.42. The first-order valence-electron chi connectivity index (χ1n) is 6.80. The number of sulfonamides is 1. The number of hydrogen-bond acceptors (Lipinski definition) is 4. The Morgan fingerprint density at radius 3 is 2.76 bits per heavy atom. The number of rotatable bonds is 3. The van der Waals surface area contributed by atoms with Crippen molar-refractivity contribution in [2.24, 2.45) is 5.92 Å². The Morgan fingerprint density at radius 1 is 1.48 bits per heavy atom. The SMILES string of the molecule is Cc1c(N)cn(CC2CCCN(S(C)(=O)=O)C2)c(=O)c1Br. The number of anilines is 1. The van der Waals surface area contributed by atoms with Crippen LogP contribution in [0.15, 0.2) is 15.5 Å². The number of aromatic nitrogens is 1. The molecule has 8 heteroatoms. The van der Waals surface area contributed by atoms with E-state index >= 15 is 0 Å². The number of halogens is 1. The Labute approximate surface area is 133 Å². The Bertz CT molecular complexity index is 699. The van der Waals surface area contributed by atoms with Crippen molar-refractivity contribution in [3.8, 4) is 0 Å². The minimum Gasteiger partial charge on any atom is -0.397 e. The third-order valence-corrected chi connectivity index (χ3v) is 6.12. The van der Waals surface area contributed by atoms with E-state index in [2.05, 4.69) is 15.9 Å². The highest BCUT2D eigenvalue weighted by Gasteiger charge is 2.26. The zero-order chi connectivity index (χ0) is 15.8. The highest BCUT2D eigenvalue weighted by molar-refractivity contribution is 9.10. The molecule has 0 spiro atoms. The van der Waals surface area contributed by atoms with E-state index in [1.807, 2.05) is 0 Å². The van der Waals surface area contributed by atoms with Crippen LogP contribution in [0.2, 0.25) is 0 Å². The van der Waals surface area contributed by atoms with Crippen molar-refractivity contribution in [1.29, 1.82) is 0 Å². The predicted octanol–water partition coefficient (Wildman–Crippen LogP) is 1.17. The van der Waals surface area contributed by atoms with E-state index in [-0.39, 0.29) is 11.5 Å². The van der Waals surface area contributed by atoms with E-state index in [1.54, 1.807) is 17.7 Å². The molecule has 1 saturated heterocycles. The van der Waals surface area contributed by atoms with E-state index in [0.717, 1.165) is 18.4 Å². The fourth-order valence-electron chi connectivity index (χ4n) is 2.63. The molecule has 1 unspecified atom stereocenters. The van der Waals surface area contributed by atoms with Crippen LogP contribution in [0.3, 0.4) is 0 Å². The summed E-state index contributed by atoms with van der Waals surface area (Å²) < 4.78 is 26.8. The lowest BCUT2D eigenvalue weighted by Crippen LogP contribution is -2.41. The topological polar surface area (TPSA) is 85.4 Å². The Kier molecular flexibility index (Phi) is 4.79. The molecular formula is C13H20BrN3O3S. The monoisotopic (exact) mass is 377 g/mol. The molecule has 0 aliphatic carbocycles. The molecule has 0 aromatic carbocycles. The molecule has 1 aromatic rings. The minimum atomic E-state index is -3.17. The van der Waals surface area contributed by atoms with E-state index in [9.17, 15) is 13.2 Å². The molecule has 0 radical (unpaired) electrons. The van der Waals surface area contributed by atoms with Gasteiger partial charge in [0.15, 0.2) is 0 Å². The van der Waals surface area contributed by atoms with Gasteiger partial charge in [-0.05, 0) is 47.2 Å². The summed E-state index contributed by atoms with van der Waals surface area (Å²) in [5, 5.41) is 0. The van der Waals surface area contributed by atoms with Gasteiger partial charge in [-0.2, -0.15) is 0 Å². The summed E-state index contributed by atoms with van der Waals surface area (Å²) in [4.78, 5) is 12.2. The summed E-state index contributed by atoms with van der Waals surface area (Å²) in [5.41, 5.74) is 7.06. The maximum Gasteiger partial charge on any atom is 0.265 e. The van der Waals surface area contributed by atoms with Gasteiger partial charge in [0.2, 0.25) is 10.0 Å². The summed E-state index contributed by atoms with van der Waals surface area (Å²) in [6.45, 7) is 3.28. The molecule has 1 fully saturated rings. The molecule has 0 amide bonds. The highest BCUT2D eigenvalue weighted by Crippen LogP contribution is 2.22. The molecule has 0 bridgehead atoms. The summed E-state index contributed by atoms with van der Waals surface area (Å²) >= 11 is 3.27. The molecule has 118 valence electrons. The van der Waals surface area contributed by atoms with Crippen molar-refractivity contribution in [3.05, 3.63) is 26.6 Å². The van der Waals surface area contributed by atoms with E-state index in [0.29, 0.717) is 29.8 Å². The lowest BCUT2D eigenvalue weighted by Gasteiger charge is -2.31. The van der Waals surface area contributed by atoms with Crippen LogP contribution in [0.1, 0.15) is 18.4 Å². The minimum absolute atomic E-state index is 0.125. The Morgan fingerprint density at radius 2 is 2.14 bits per heavy atom. The van der Waals surface area contributed by atoms with Gasteiger partial charge in [0.25, 0.3) is 5.56 Å². The second-order valence-corrected chi connectivity index (χ2v) is 8.39. The lowest BCUT2D eigenvalue weighted by molar-refractivity contribution is 0.245. The van der Waals surface area contributed by atoms with Crippen molar-refractivity contribution in [3.63, 3.8) is 0 Å². The van der Waals surface area contributed by atoms with Crippen molar-refractivity contribution >= 4 is 31.6 Å². The van der Waals surface area contributed by atoms with Crippen molar-refractivity contribution in [2.75, 3.05) is 25.1 Å². The zero-order valence-corrected chi connectivity index (χ0v) is 14.6. The molecule has 0 saturated carbocycles. The second-order valence-electron chi connectivity index (χ2n) is 5.61. The van der Waals surface area contributed by atoms with Gasteiger partial charge in [-0.15, -0.1) is 0 Å². The third kappa shape index (κ3) is 3.67. The summed E-state index contributed by atoms with van der Waals surface area (Å²) in [6, 6.07) is 0. The first kappa shape index (κ1) is 16.5. The van der Waals surface area contributed by atoms with Crippen LogP contribution in [-0.4, -0.2) is 36.6 Å². The van der Waals surface area contributed by atoms with Gasteiger partial charge in [0, 0.05) is 25.8 Å². The summed E-state index contributed by atoms with van der Waals surface area (Å²) in [6.07, 6.45) is 4.59.